The Kier molecular flexibility index (Phi) is 7.05. The summed E-state index contributed by atoms with van der Waals surface area (Å²) < 4.78 is 15.0. The molecule has 0 spiro atoms. The van der Waals surface area contributed by atoms with Crippen LogP contribution in [0.3, 0.4) is 0 Å². The minimum atomic E-state index is -0.612. The molecule has 2 aromatic rings. The van der Waals surface area contributed by atoms with Crippen molar-refractivity contribution in [3.8, 4) is 0 Å². The minimum Gasteiger partial charge on any atom is -0.351 e. The van der Waals surface area contributed by atoms with Crippen molar-refractivity contribution in [2.24, 2.45) is 5.92 Å². The van der Waals surface area contributed by atoms with Crippen LogP contribution in [0.1, 0.15) is 30.8 Å². The third-order valence-electron chi connectivity index (χ3n) is 4.69. The number of amides is 1. The van der Waals surface area contributed by atoms with Crippen LogP contribution in [0.25, 0.3) is 0 Å². The monoisotopic (exact) mass is 382 g/mol. The second-order valence-corrected chi connectivity index (χ2v) is 6.61. The number of rotatable bonds is 5. The second kappa shape index (κ2) is 9.05. The maximum absolute atomic E-state index is 13.5. The Morgan fingerprint density at radius 3 is 2.96 bits per heavy atom. The molecule has 1 aliphatic heterocycles. The van der Waals surface area contributed by atoms with Crippen LogP contribution < -0.4 is 10.6 Å². The average Bonchev–Trinajstić information content (AvgIpc) is 3.00. The topological polar surface area (TPSA) is 84.7 Å². The van der Waals surface area contributed by atoms with Gasteiger partial charge in [-0.3, -0.25) is 4.79 Å². The number of tetrazole rings is 1. The molecule has 142 valence electrons. The smallest absolute Gasteiger partial charge is 0.245 e. The molecular weight excluding hydrogens is 359 g/mol. The lowest BCUT2D eigenvalue weighted by atomic mass is 9.94. The molecule has 0 radical (unpaired) electrons. The largest absolute Gasteiger partial charge is 0.351 e. The van der Waals surface area contributed by atoms with Gasteiger partial charge in [0.15, 0.2) is 0 Å². The molecule has 1 saturated heterocycles. The molecule has 1 aromatic carbocycles. The molecule has 3 rings (SSSR count). The molecule has 1 aromatic heterocycles. The highest BCUT2D eigenvalue weighted by Gasteiger charge is 2.29. The summed E-state index contributed by atoms with van der Waals surface area (Å²) >= 11 is 0. The summed E-state index contributed by atoms with van der Waals surface area (Å²) in [5.41, 5.74) is 0.730. The fourth-order valence-electron chi connectivity index (χ4n) is 3.21. The van der Waals surface area contributed by atoms with Gasteiger partial charge in [-0.2, -0.15) is 0 Å². The van der Waals surface area contributed by atoms with Gasteiger partial charge in [-0.25, -0.2) is 9.07 Å². The predicted octanol–water partition coefficient (Wildman–Crippen LogP) is 1.44. The summed E-state index contributed by atoms with van der Waals surface area (Å²) in [5, 5.41) is 17.9. The van der Waals surface area contributed by atoms with Gasteiger partial charge >= 0.3 is 0 Å². The number of benzene rings is 1. The number of hydrogen-bond donors (Lipinski definition) is 2. The molecular formula is C17H24ClFN6O. The van der Waals surface area contributed by atoms with Crippen LogP contribution in [0.2, 0.25) is 0 Å². The lowest BCUT2D eigenvalue weighted by Crippen LogP contribution is -2.50. The first-order valence-corrected chi connectivity index (χ1v) is 8.54. The summed E-state index contributed by atoms with van der Waals surface area (Å²) in [5.74, 6) is 0.438. The number of nitrogens with one attached hydrogen (secondary N) is 2. The van der Waals surface area contributed by atoms with Crippen LogP contribution >= 0.6 is 12.4 Å². The first kappa shape index (κ1) is 20.3. The molecule has 9 heteroatoms. The average molecular weight is 383 g/mol. The Hall–Kier alpha value is -2.06. The number of carbonyl (C=O) groups excluding carboxylic acids is 1. The zero-order valence-corrected chi connectivity index (χ0v) is 15.7. The van der Waals surface area contributed by atoms with Crippen molar-refractivity contribution in [2.45, 2.75) is 38.8 Å². The molecule has 0 bridgehead atoms. The Bertz CT molecular complexity index is 740. The summed E-state index contributed by atoms with van der Waals surface area (Å²) in [6.07, 6.45) is 1.21. The summed E-state index contributed by atoms with van der Waals surface area (Å²) in [7, 11) is 0. The zero-order valence-electron chi connectivity index (χ0n) is 14.9. The lowest BCUT2D eigenvalue weighted by Gasteiger charge is -2.31. The fourth-order valence-corrected chi connectivity index (χ4v) is 3.21. The number of carbonyl (C=O) groups is 1. The van der Waals surface area contributed by atoms with E-state index in [-0.39, 0.29) is 30.2 Å². The fraction of sp³-hybridized carbons (Fsp3) is 0.529. The minimum absolute atomic E-state index is 0. The highest BCUT2D eigenvalue weighted by Crippen LogP contribution is 2.18. The number of nitrogens with zero attached hydrogens (tertiary/aromatic N) is 4. The van der Waals surface area contributed by atoms with Gasteiger partial charge in [0.05, 0.1) is 0 Å². The van der Waals surface area contributed by atoms with Crippen LogP contribution in [0, 0.1) is 18.7 Å². The summed E-state index contributed by atoms with van der Waals surface area (Å²) in [4.78, 5) is 13.0. The van der Waals surface area contributed by atoms with Crippen molar-refractivity contribution in [1.82, 2.24) is 30.8 Å². The molecule has 0 saturated carbocycles. The molecule has 1 aliphatic rings. The third-order valence-corrected chi connectivity index (χ3v) is 4.69. The Morgan fingerprint density at radius 1 is 1.50 bits per heavy atom. The van der Waals surface area contributed by atoms with E-state index in [2.05, 4.69) is 33.1 Å². The molecule has 1 amide bonds. The molecule has 3 unspecified atom stereocenters. The van der Waals surface area contributed by atoms with Gasteiger partial charge in [0.1, 0.15) is 17.7 Å². The highest BCUT2D eigenvalue weighted by atomic mass is 35.5. The van der Waals surface area contributed by atoms with Gasteiger partial charge in [-0.05, 0) is 60.5 Å². The summed E-state index contributed by atoms with van der Waals surface area (Å²) in [6, 6.07) is 5.77. The van der Waals surface area contributed by atoms with Crippen molar-refractivity contribution >= 4 is 18.3 Å². The van der Waals surface area contributed by atoms with Gasteiger partial charge in [0, 0.05) is 12.5 Å². The van der Waals surface area contributed by atoms with Crippen molar-refractivity contribution in [2.75, 3.05) is 13.1 Å². The summed E-state index contributed by atoms with van der Waals surface area (Å²) in [6.45, 7) is 5.62. The molecule has 1 fully saturated rings. The van der Waals surface area contributed by atoms with Crippen LogP contribution in [0.5, 0.6) is 0 Å². The van der Waals surface area contributed by atoms with Crippen molar-refractivity contribution in [3.05, 3.63) is 41.5 Å². The van der Waals surface area contributed by atoms with Gasteiger partial charge in [0.25, 0.3) is 0 Å². The number of hydrogen-bond acceptors (Lipinski definition) is 5. The van der Waals surface area contributed by atoms with Gasteiger partial charge in [0.2, 0.25) is 5.91 Å². The van der Waals surface area contributed by atoms with Crippen LogP contribution in [-0.2, 0) is 11.2 Å². The maximum atomic E-state index is 13.5. The Labute approximate surface area is 158 Å². The van der Waals surface area contributed by atoms with Crippen molar-refractivity contribution in [3.63, 3.8) is 0 Å². The quantitative estimate of drug-likeness (QED) is 0.817. The standard InChI is InChI=1S/C17H23FN6O.ClH/c1-11-10-19-7-6-15(11)20-17(25)16(24-12(2)21-22-23-24)9-13-4-3-5-14(18)8-13;/h3-5,8,11,15-16,19H,6-7,9-10H2,1-2H3,(H,20,25);1H. The van der Waals surface area contributed by atoms with Crippen molar-refractivity contribution < 1.29 is 9.18 Å². The molecule has 2 N–H and O–H groups in total. The number of halogens is 2. The Balaban J connectivity index is 0.00000243. The second-order valence-electron chi connectivity index (χ2n) is 6.61. The van der Waals surface area contributed by atoms with Crippen LogP contribution in [0.4, 0.5) is 4.39 Å². The molecule has 2 heterocycles. The van der Waals surface area contributed by atoms with E-state index < -0.39 is 6.04 Å². The number of piperidine rings is 1. The third kappa shape index (κ3) is 4.76. The van der Waals surface area contributed by atoms with E-state index in [4.69, 9.17) is 0 Å². The molecule has 0 aliphatic carbocycles. The van der Waals surface area contributed by atoms with E-state index in [1.54, 1.807) is 19.1 Å². The van der Waals surface area contributed by atoms with E-state index in [0.717, 1.165) is 25.1 Å². The van der Waals surface area contributed by atoms with Gasteiger partial charge in [-0.1, -0.05) is 19.1 Å². The van der Waals surface area contributed by atoms with E-state index in [1.165, 1.54) is 16.8 Å². The van der Waals surface area contributed by atoms with Gasteiger partial charge in [-0.15, -0.1) is 17.5 Å². The predicted molar refractivity (Wildman–Crippen MR) is 97.5 cm³/mol. The zero-order chi connectivity index (χ0) is 17.8. The molecule has 7 nitrogen and oxygen atoms in total. The molecule has 3 atom stereocenters. The normalized spacial score (nSPS) is 20.9. The van der Waals surface area contributed by atoms with E-state index in [0.29, 0.717) is 18.2 Å². The number of aryl methyl sites for hydroxylation is 1. The lowest BCUT2D eigenvalue weighted by molar-refractivity contribution is -0.126. The van der Waals surface area contributed by atoms with Gasteiger partial charge < -0.3 is 10.6 Å². The highest BCUT2D eigenvalue weighted by molar-refractivity contribution is 5.85. The van der Waals surface area contributed by atoms with E-state index in [9.17, 15) is 9.18 Å². The first-order valence-electron chi connectivity index (χ1n) is 8.54. The van der Waals surface area contributed by atoms with E-state index >= 15 is 0 Å². The van der Waals surface area contributed by atoms with Crippen LogP contribution in [0.15, 0.2) is 24.3 Å². The molecule has 26 heavy (non-hydrogen) atoms. The number of aromatic nitrogens is 4. The van der Waals surface area contributed by atoms with Crippen LogP contribution in [-0.4, -0.2) is 45.2 Å². The van der Waals surface area contributed by atoms with E-state index in [1.807, 2.05) is 0 Å². The first-order chi connectivity index (χ1) is 12.0. The SMILES string of the molecule is Cc1nnnn1C(Cc1cccc(F)c1)C(=O)NC1CCNCC1C.Cl. The maximum Gasteiger partial charge on any atom is 0.245 e. The Morgan fingerprint density at radius 2 is 2.31 bits per heavy atom. The van der Waals surface area contributed by atoms with Crippen molar-refractivity contribution in [1.29, 1.82) is 0 Å².